The van der Waals surface area contributed by atoms with E-state index in [2.05, 4.69) is 5.32 Å². The molecule has 0 bridgehead atoms. The van der Waals surface area contributed by atoms with Gasteiger partial charge < -0.3 is 19.5 Å². The number of carbonyl (C=O) groups is 1. The monoisotopic (exact) mass is 410 g/mol. The van der Waals surface area contributed by atoms with Crippen LogP contribution in [0.15, 0.2) is 0 Å². The van der Waals surface area contributed by atoms with Crippen molar-refractivity contribution in [3.05, 3.63) is 0 Å². The Morgan fingerprint density at radius 3 is 1.93 bits per heavy atom. The van der Waals surface area contributed by atoms with E-state index in [1.54, 1.807) is 25.8 Å². The number of aliphatic hydroxyl groups excluding tert-OH is 1. The molecule has 0 aliphatic heterocycles. The topological polar surface area (TPSA) is 97.3 Å². The van der Waals surface area contributed by atoms with Gasteiger partial charge in [0.2, 0.25) is 0 Å². The van der Waals surface area contributed by atoms with E-state index in [4.69, 9.17) is 19.0 Å². The van der Waals surface area contributed by atoms with Crippen LogP contribution in [0.25, 0.3) is 0 Å². The molecule has 0 saturated carbocycles. The highest BCUT2D eigenvalue weighted by Gasteiger charge is 2.51. The first-order chi connectivity index (χ1) is 12.2. The van der Waals surface area contributed by atoms with Crippen molar-refractivity contribution >= 4 is 13.5 Å². The molecule has 2 unspecified atom stereocenters. The Balaban J connectivity index is 6.00. The summed E-state index contributed by atoms with van der Waals surface area (Å²) < 4.78 is 24.9. The maximum absolute atomic E-state index is 13.7. The Labute approximate surface area is 164 Å². The highest BCUT2D eigenvalue weighted by atomic mass is 31.2. The molecule has 0 aromatic heterocycles. The molecule has 0 aromatic rings. The molecule has 162 valence electrons. The van der Waals surface area contributed by atoms with E-state index < -0.39 is 30.4 Å². The third-order valence-corrected chi connectivity index (χ3v) is 6.45. The lowest BCUT2D eigenvalue weighted by Gasteiger charge is -2.48. The summed E-state index contributed by atoms with van der Waals surface area (Å²) in [5.74, 6) is -1.10. The van der Waals surface area contributed by atoms with Crippen LogP contribution in [-0.4, -0.2) is 59.9 Å². The first kappa shape index (κ1) is 26.5. The van der Waals surface area contributed by atoms with E-state index in [1.165, 1.54) is 0 Å². The van der Waals surface area contributed by atoms with E-state index in [1.807, 2.05) is 41.5 Å². The summed E-state index contributed by atoms with van der Waals surface area (Å²) in [6, 6.07) is 0. The second-order valence-electron chi connectivity index (χ2n) is 8.37. The van der Waals surface area contributed by atoms with Crippen molar-refractivity contribution in [3.8, 4) is 0 Å². The van der Waals surface area contributed by atoms with Crippen LogP contribution >= 0.6 is 7.60 Å². The fourth-order valence-corrected chi connectivity index (χ4v) is 5.30. The van der Waals surface area contributed by atoms with Crippen molar-refractivity contribution in [2.24, 2.45) is 5.41 Å². The van der Waals surface area contributed by atoms with Crippen molar-refractivity contribution in [2.75, 3.05) is 26.4 Å². The summed E-state index contributed by atoms with van der Waals surface area (Å²) in [5, 5.41) is 13.0. The van der Waals surface area contributed by atoms with Crippen LogP contribution in [0.3, 0.4) is 0 Å². The van der Waals surface area contributed by atoms with Crippen LogP contribution in [0.5, 0.6) is 0 Å². The molecular formula is C18H39N2O6P. The second-order valence-corrected chi connectivity index (χ2v) is 10.5. The van der Waals surface area contributed by atoms with Gasteiger partial charge in [-0.3, -0.25) is 14.2 Å². The Kier molecular flexibility index (Phi) is 10.7. The zero-order valence-corrected chi connectivity index (χ0v) is 19.3. The van der Waals surface area contributed by atoms with Crippen LogP contribution in [0.1, 0.15) is 62.3 Å². The van der Waals surface area contributed by atoms with Crippen molar-refractivity contribution in [1.29, 1.82) is 0 Å². The molecule has 2 atom stereocenters. The molecule has 0 aliphatic carbocycles. The lowest BCUT2D eigenvalue weighted by atomic mass is 9.94. The number of hydroxylamine groups is 2. The van der Waals surface area contributed by atoms with Crippen molar-refractivity contribution in [1.82, 2.24) is 10.4 Å². The first-order valence-corrected chi connectivity index (χ1v) is 11.1. The number of hydrogen-bond donors (Lipinski definition) is 2. The van der Waals surface area contributed by atoms with Crippen LogP contribution in [-0.2, 0) is 23.2 Å². The van der Waals surface area contributed by atoms with Crippen molar-refractivity contribution in [3.63, 3.8) is 0 Å². The Morgan fingerprint density at radius 1 is 1.11 bits per heavy atom. The second kappa shape index (κ2) is 10.9. The minimum Gasteiger partial charge on any atom is -0.395 e. The number of nitrogens with zero attached hydrogens (tertiary/aromatic N) is 1. The number of amides is 1. The molecule has 0 spiro atoms. The van der Waals surface area contributed by atoms with Gasteiger partial charge in [-0.1, -0.05) is 20.8 Å². The average molecular weight is 410 g/mol. The first-order valence-electron chi connectivity index (χ1n) is 9.48. The van der Waals surface area contributed by atoms with E-state index in [0.717, 1.165) is 0 Å². The zero-order valence-electron chi connectivity index (χ0n) is 18.4. The molecule has 0 saturated heterocycles. The smallest absolute Gasteiger partial charge is 0.350 e. The molecule has 8 nitrogen and oxygen atoms in total. The molecule has 0 aliphatic rings. The number of aliphatic hydroxyl groups is 1. The molecule has 0 rings (SSSR count). The molecular weight excluding hydrogens is 371 g/mol. The molecule has 27 heavy (non-hydrogen) atoms. The van der Waals surface area contributed by atoms with Gasteiger partial charge in [-0.05, 0) is 47.0 Å². The van der Waals surface area contributed by atoms with Gasteiger partial charge in [0.15, 0.2) is 6.10 Å². The summed E-state index contributed by atoms with van der Waals surface area (Å²) in [6.07, 6.45) is -0.850. The fourth-order valence-electron chi connectivity index (χ4n) is 2.62. The molecule has 0 aromatic carbocycles. The summed E-state index contributed by atoms with van der Waals surface area (Å²) in [7, 11) is -3.58. The SMILES string of the molecule is CCOP(=O)(OCC)C(N(OC(C)C(=O)NCCO)C(C)(C)C)C(C)(C)C. The minimum atomic E-state index is -3.58. The molecule has 9 heteroatoms. The van der Waals surface area contributed by atoms with E-state index >= 15 is 0 Å². The number of nitrogens with one attached hydrogen (secondary N) is 1. The quantitative estimate of drug-likeness (QED) is 0.399. The number of rotatable bonds is 11. The predicted molar refractivity (Wildman–Crippen MR) is 106 cm³/mol. The Hall–Kier alpha value is -0.500. The number of carbonyl (C=O) groups excluding carboxylic acids is 1. The van der Waals surface area contributed by atoms with Crippen molar-refractivity contribution < 1.29 is 28.4 Å². The van der Waals surface area contributed by atoms with E-state index in [-0.39, 0.29) is 32.3 Å². The van der Waals surface area contributed by atoms with Crippen LogP contribution in [0, 0.1) is 5.41 Å². The lowest BCUT2D eigenvalue weighted by molar-refractivity contribution is -0.257. The van der Waals surface area contributed by atoms with E-state index in [9.17, 15) is 9.36 Å². The number of hydrogen-bond acceptors (Lipinski definition) is 7. The zero-order chi connectivity index (χ0) is 21.5. The minimum absolute atomic E-state index is 0.140. The van der Waals surface area contributed by atoms with Crippen LogP contribution < -0.4 is 5.32 Å². The molecule has 2 N–H and O–H groups in total. The Bertz CT molecular complexity index is 491. The predicted octanol–water partition coefficient (Wildman–Crippen LogP) is 3.15. The van der Waals surface area contributed by atoms with Gasteiger partial charge in [-0.2, -0.15) is 5.06 Å². The van der Waals surface area contributed by atoms with Gasteiger partial charge in [0.05, 0.1) is 19.8 Å². The van der Waals surface area contributed by atoms with Gasteiger partial charge >= 0.3 is 7.60 Å². The lowest BCUT2D eigenvalue weighted by Crippen LogP contribution is -2.55. The fraction of sp³-hybridized carbons (Fsp3) is 0.944. The summed E-state index contributed by atoms with van der Waals surface area (Å²) in [5.41, 5.74) is -1.12. The highest BCUT2D eigenvalue weighted by Crippen LogP contribution is 2.60. The maximum atomic E-state index is 13.7. The summed E-state index contributed by atoms with van der Waals surface area (Å²) in [4.78, 5) is 18.2. The molecule has 0 radical (unpaired) electrons. The Morgan fingerprint density at radius 2 is 1.59 bits per heavy atom. The van der Waals surface area contributed by atoms with Gasteiger partial charge in [0, 0.05) is 12.1 Å². The normalized spacial score (nSPS) is 15.7. The third kappa shape index (κ3) is 8.18. The average Bonchev–Trinajstić information content (AvgIpc) is 2.49. The van der Waals surface area contributed by atoms with Gasteiger partial charge in [-0.15, -0.1) is 0 Å². The van der Waals surface area contributed by atoms with Crippen LogP contribution in [0.2, 0.25) is 0 Å². The molecule has 1 amide bonds. The summed E-state index contributed by atoms with van der Waals surface area (Å²) >= 11 is 0. The maximum Gasteiger partial charge on any atom is 0.350 e. The largest absolute Gasteiger partial charge is 0.395 e. The summed E-state index contributed by atoms with van der Waals surface area (Å²) in [6.45, 7) is 17.1. The van der Waals surface area contributed by atoms with E-state index in [0.29, 0.717) is 0 Å². The molecule has 0 fully saturated rings. The van der Waals surface area contributed by atoms with Gasteiger partial charge in [-0.25, -0.2) is 0 Å². The highest BCUT2D eigenvalue weighted by molar-refractivity contribution is 7.54. The van der Waals surface area contributed by atoms with Crippen molar-refractivity contribution in [2.45, 2.75) is 79.7 Å². The third-order valence-electron chi connectivity index (χ3n) is 3.63. The standard InChI is InChI=1S/C18H39N2O6P/c1-10-24-27(23,25-11-2)16(17(4,5)6)20(18(7,8)9)26-14(3)15(22)19-12-13-21/h14,16,21H,10-13H2,1-9H3,(H,19,22). The molecule has 0 heterocycles. The van der Waals surface area contributed by atoms with Crippen LogP contribution in [0.4, 0.5) is 0 Å². The van der Waals surface area contributed by atoms with Gasteiger partial charge in [0.25, 0.3) is 5.91 Å². The van der Waals surface area contributed by atoms with Gasteiger partial charge in [0.1, 0.15) is 5.78 Å².